The third kappa shape index (κ3) is 1.77. The van der Waals surface area contributed by atoms with E-state index in [0.717, 1.165) is 10.4 Å². The summed E-state index contributed by atoms with van der Waals surface area (Å²) < 4.78 is 0. The number of benzene rings is 1. The number of aromatic carboxylic acids is 1. The van der Waals surface area contributed by atoms with E-state index in [-0.39, 0.29) is 0 Å². The Hall–Kier alpha value is -1.87. The van der Waals surface area contributed by atoms with E-state index >= 15 is 0 Å². The van der Waals surface area contributed by atoms with Gasteiger partial charge in [-0.1, -0.05) is 30.9 Å². The van der Waals surface area contributed by atoms with Gasteiger partial charge in [-0.05, 0) is 28.6 Å². The molecule has 1 aromatic carbocycles. The molecule has 0 aliphatic rings. The lowest BCUT2D eigenvalue weighted by molar-refractivity contribution is 0.0696. The van der Waals surface area contributed by atoms with Crippen LogP contribution in [0.3, 0.4) is 0 Å². The Labute approximate surface area is 97.5 Å². The van der Waals surface area contributed by atoms with Crippen molar-refractivity contribution >= 4 is 23.4 Å². The molecule has 80 valence electrons. The first kappa shape index (κ1) is 10.6. The molecule has 3 heteroatoms. The van der Waals surface area contributed by atoms with Crippen LogP contribution in [0.15, 0.2) is 42.3 Å². The zero-order valence-electron chi connectivity index (χ0n) is 8.51. The molecule has 1 N–H and O–H groups in total. The normalized spacial score (nSPS) is 10.0. The maximum atomic E-state index is 11.1. The molecule has 2 aromatic rings. The van der Waals surface area contributed by atoms with Crippen LogP contribution in [0.2, 0.25) is 0 Å². The SMILES string of the molecule is C=Cc1c(C(=O)O)cccc1-c1cccs1. The van der Waals surface area contributed by atoms with Crippen LogP contribution >= 0.6 is 11.3 Å². The predicted octanol–water partition coefficient (Wildman–Crippen LogP) is 3.76. The highest BCUT2D eigenvalue weighted by molar-refractivity contribution is 7.13. The lowest BCUT2D eigenvalue weighted by Crippen LogP contribution is -2.00. The van der Waals surface area contributed by atoms with E-state index in [4.69, 9.17) is 5.11 Å². The lowest BCUT2D eigenvalue weighted by Gasteiger charge is -2.07. The molecule has 0 aliphatic carbocycles. The number of carboxylic acids is 1. The summed E-state index contributed by atoms with van der Waals surface area (Å²) >= 11 is 1.59. The summed E-state index contributed by atoms with van der Waals surface area (Å²) in [6.07, 6.45) is 1.60. The van der Waals surface area contributed by atoms with Crippen LogP contribution in [0, 0.1) is 0 Å². The van der Waals surface area contributed by atoms with E-state index in [1.807, 2.05) is 23.6 Å². The van der Waals surface area contributed by atoms with Crippen LogP contribution in [0.25, 0.3) is 16.5 Å². The Morgan fingerprint density at radius 1 is 1.31 bits per heavy atom. The van der Waals surface area contributed by atoms with Gasteiger partial charge in [0.25, 0.3) is 0 Å². The molecule has 0 spiro atoms. The lowest BCUT2D eigenvalue weighted by atomic mass is 10.00. The number of carboxylic acid groups (broad SMARTS) is 1. The van der Waals surface area contributed by atoms with Gasteiger partial charge in [-0.2, -0.15) is 0 Å². The Kier molecular flexibility index (Phi) is 2.88. The van der Waals surface area contributed by atoms with Crippen molar-refractivity contribution in [1.29, 1.82) is 0 Å². The van der Waals surface area contributed by atoms with Gasteiger partial charge in [0.15, 0.2) is 0 Å². The van der Waals surface area contributed by atoms with Crippen molar-refractivity contribution in [3.63, 3.8) is 0 Å². The number of thiophene rings is 1. The van der Waals surface area contributed by atoms with E-state index in [0.29, 0.717) is 11.1 Å². The Morgan fingerprint density at radius 2 is 2.12 bits per heavy atom. The topological polar surface area (TPSA) is 37.3 Å². The Morgan fingerprint density at radius 3 is 2.69 bits per heavy atom. The molecule has 1 aromatic heterocycles. The van der Waals surface area contributed by atoms with Gasteiger partial charge in [0, 0.05) is 4.88 Å². The zero-order chi connectivity index (χ0) is 11.5. The van der Waals surface area contributed by atoms with Gasteiger partial charge in [0.2, 0.25) is 0 Å². The van der Waals surface area contributed by atoms with Crippen molar-refractivity contribution in [3.8, 4) is 10.4 Å². The number of rotatable bonds is 3. The second kappa shape index (κ2) is 4.33. The minimum absolute atomic E-state index is 0.293. The highest BCUT2D eigenvalue weighted by Gasteiger charge is 2.12. The molecule has 2 rings (SSSR count). The fourth-order valence-electron chi connectivity index (χ4n) is 1.62. The molecule has 0 unspecified atom stereocenters. The molecule has 0 amide bonds. The molecule has 0 aliphatic heterocycles. The van der Waals surface area contributed by atoms with Gasteiger partial charge in [-0.15, -0.1) is 11.3 Å². The number of hydrogen-bond donors (Lipinski definition) is 1. The summed E-state index contributed by atoms with van der Waals surface area (Å²) in [5.41, 5.74) is 1.89. The van der Waals surface area contributed by atoms with E-state index in [9.17, 15) is 4.79 Å². The molecule has 1 heterocycles. The molecular formula is C13H10O2S. The zero-order valence-corrected chi connectivity index (χ0v) is 9.33. The minimum atomic E-state index is -0.923. The standard InChI is InChI=1S/C13H10O2S/c1-2-9-10(12-7-4-8-16-12)5-3-6-11(9)13(14)15/h2-8H,1H2,(H,14,15). The van der Waals surface area contributed by atoms with E-state index in [1.54, 1.807) is 29.5 Å². The summed E-state index contributed by atoms with van der Waals surface area (Å²) in [7, 11) is 0. The summed E-state index contributed by atoms with van der Waals surface area (Å²) in [5, 5.41) is 11.0. The van der Waals surface area contributed by atoms with Crippen molar-refractivity contribution in [3.05, 3.63) is 53.4 Å². The first-order chi connectivity index (χ1) is 7.74. The summed E-state index contributed by atoms with van der Waals surface area (Å²) in [6.45, 7) is 3.69. The molecule has 0 saturated heterocycles. The first-order valence-corrected chi connectivity index (χ1v) is 5.64. The smallest absolute Gasteiger partial charge is 0.336 e. The second-order valence-electron chi connectivity index (χ2n) is 3.25. The molecule has 16 heavy (non-hydrogen) atoms. The fourth-order valence-corrected chi connectivity index (χ4v) is 2.38. The molecule has 0 atom stereocenters. The second-order valence-corrected chi connectivity index (χ2v) is 4.20. The van der Waals surface area contributed by atoms with Gasteiger partial charge in [0.1, 0.15) is 0 Å². The van der Waals surface area contributed by atoms with E-state index in [1.165, 1.54) is 0 Å². The van der Waals surface area contributed by atoms with Crippen molar-refractivity contribution in [1.82, 2.24) is 0 Å². The monoisotopic (exact) mass is 230 g/mol. The quantitative estimate of drug-likeness (QED) is 0.871. The van der Waals surface area contributed by atoms with Gasteiger partial charge < -0.3 is 5.11 Å². The molecule has 2 nitrogen and oxygen atoms in total. The highest BCUT2D eigenvalue weighted by atomic mass is 32.1. The minimum Gasteiger partial charge on any atom is -0.478 e. The van der Waals surface area contributed by atoms with Crippen molar-refractivity contribution in [2.45, 2.75) is 0 Å². The molecule has 0 radical (unpaired) electrons. The summed E-state index contributed by atoms with van der Waals surface area (Å²) in [4.78, 5) is 12.1. The van der Waals surface area contributed by atoms with Gasteiger partial charge in [0.05, 0.1) is 5.56 Å². The van der Waals surface area contributed by atoms with Crippen LogP contribution in [-0.2, 0) is 0 Å². The number of carbonyl (C=O) groups is 1. The molecular weight excluding hydrogens is 220 g/mol. The third-order valence-electron chi connectivity index (χ3n) is 2.33. The van der Waals surface area contributed by atoms with Gasteiger partial charge >= 0.3 is 5.97 Å². The highest BCUT2D eigenvalue weighted by Crippen LogP contribution is 2.30. The van der Waals surface area contributed by atoms with Crippen LogP contribution in [0.4, 0.5) is 0 Å². The van der Waals surface area contributed by atoms with Crippen LogP contribution < -0.4 is 0 Å². The van der Waals surface area contributed by atoms with Gasteiger partial charge in [-0.25, -0.2) is 4.79 Å². The largest absolute Gasteiger partial charge is 0.478 e. The van der Waals surface area contributed by atoms with Crippen LogP contribution in [0.1, 0.15) is 15.9 Å². The summed E-state index contributed by atoms with van der Waals surface area (Å²) in [6, 6.07) is 9.18. The van der Waals surface area contributed by atoms with Crippen molar-refractivity contribution in [2.24, 2.45) is 0 Å². The van der Waals surface area contributed by atoms with Crippen LogP contribution in [-0.4, -0.2) is 11.1 Å². The van der Waals surface area contributed by atoms with Crippen molar-refractivity contribution in [2.75, 3.05) is 0 Å². The first-order valence-electron chi connectivity index (χ1n) is 4.76. The fraction of sp³-hybridized carbons (Fsp3) is 0. The van der Waals surface area contributed by atoms with E-state index < -0.39 is 5.97 Å². The maximum Gasteiger partial charge on any atom is 0.336 e. The molecule has 0 saturated carbocycles. The molecule has 0 bridgehead atoms. The summed E-state index contributed by atoms with van der Waals surface area (Å²) in [5.74, 6) is -0.923. The maximum absolute atomic E-state index is 11.1. The third-order valence-corrected chi connectivity index (χ3v) is 3.23. The van der Waals surface area contributed by atoms with Crippen LogP contribution in [0.5, 0.6) is 0 Å². The average molecular weight is 230 g/mol. The van der Waals surface area contributed by atoms with Gasteiger partial charge in [-0.3, -0.25) is 0 Å². The number of hydrogen-bond acceptors (Lipinski definition) is 2. The molecule has 0 fully saturated rings. The average Bonchev–Trinajstić information content (AvgIpc) is 2.81. The predicted molar refractivity (Wildman–Crippen MR) is 66.8 cm³/mol. The van der Waals surface area contributed by atoms with Crippen molar-refractivity contribution < 1.29 is 9.90 Å². The Balaban J connectivity index is 2.67. The Bertz CT molecular complexity index is 527. The van der Waals surface area contributed by atoms with E-state index in [2.05, 4.69) is 6.58 Å².